The number of benzene rings is 2. The van der Waals surface area contributed by atoms with Gasteiger partial charge >= 0.3 is 0 Å². The van der Waals surface area contributed by atoms with Gasteiger partial charge in [-0.1, -0.05) is 47.5 Å². The Labute approximate surface area is 168 Å². The van der Waals surface area contributed by atoms with Crippen LogP contribution in [0, 0.1) is 0 Å². The molecule has 1 unspecified atom stereocenters. The fourth-order valence-corrected chi connectivity index (χ4v) is 4.13. The van der Waals surface area contributed by atoms with E-state index in [1.807, 2.05) is 18.2 Å². The zero-order valence-corrected chi connectivity index (χ0v) is 16.2. The third kappa shape index (κ3) is 3.43. The van der Waals surface area contributed by atoms with Crippen molar-refractivity contribution in [3.63, 3.8) is 0 Å². The first-order valence-electron chi connectivity index (χ1n) is 8.91. The van der Waals surface area contributed by atoms with E-state index in [1.54, 1.807) is 18.2 Å². The van der Waals surface area contributed by atoms with Crippen molar-refractivity contribution in [3.05, 3.63) is 58.6 Å². The van der Waals surface area contributed by atoms with Crippen LogP contribution in [0.2, 0.25) is 10.0 Å². The van der Waals surface area contributed by atoms with Crippen LogP contribution in [0.3, 0.4) is 0 Å². The highest BCUT2D eigenvalue weighted by molar-refractivity contribution is 6.44. The number of anilines is 2. The van der Waals surface area contributed by atoms with Gasteiger partial charge in [-0.3, -0.25) is 14.5 Å². The summed E-state index contributed by atoms with van der Waals surface area (Å²) in [6, 6.07) is 14.8. The van der Waals surface area contributed by atoms with Crippen LogP contribution in [-0.4, -0.2) is 48.9 Å². The summed E-state index contributed by atoms with van der Waals surface area (Å²) in [5.74, 6) is -0.461. The van der Waals surface area contributed by atoms with E-state index in [2.05, 4.69) is 21.9 Å². The molecule has 140 valence electrons. The molecule has 0 spiro atoms. The summed E-state index contributed by atoms with van der Waals surface area (Å²) < 4.78 is 0. The fourth-order valence-electron chi connectivity index (χ4n) is 3.75. The molecule has 2 aromatic rings. The topological polar surface area (TPSA) is 43.9 Å². The number of nitrogens with zero attached hydrogens (tertiary/aromatic N) is 3. The molecule has 1 atom stereocenters. The second kappa shape index (κ2) is 7.50. The first-order chi connectivity index (χ1) is 13.1. The Morgan fingerprint density at radius 3 is 2.26 bits per heavy atom. The lowest BCUT2D eigenvalue weighted by Gasteiger charge is -2.38. The van der Waals surface area contributed by atoms with Gasteiger partial charge < -0.3 is 4.90 Å². The van der Waals surface area contributed by atoms with E-state index in [9.17, 15) is 9.59 Å². The van der Waals surface area contributed by atoms with Crippen molar-refractivity contribution >= 4 is 46.4 Å². The lowest BCUT2D eigenvalue weighted by molar-refractivity contribution is -0.123. The molecule has 0 N–H and O–H groups in total. The van der Waals surface area contributed by atoms with E-state index in [0.29, 0.717) is 10.7 Å². The fraction of sp³-hybridized carbons (Fsp3) is 0.300. The maximum absolute atomic E-state index is 13.0. The Morgan fingerprint density at radius 2 is 1.56 bits per heavy atom. The minimum absolute atomic E-state index is 0.174. The largest absolute Gasteiger partial charge is 0.369 e. The number of rotatable bonds is 3. The summed E-state index contributed by atoms with van der Waals surface area (Å²) in [6.07, 6.45) is 0.174. The van der Waals surface area contributed by atoms with Crippen molar-refractivity contribution in [2.45, 2.75) is 12.5 Å². The van der Waals surface area contributed by atoms with Crippen LogP contribution in [0.15, 0.2) is 48.5 Å². The third-order valence-electron chi connectivity index (χ3n) is 5.17. The number of piperazine rings is 1. The minimum atomic E-state index is -0.439. The maximum Gasteiger partial charge on any atom is 0.251 e. The number of carbonyl (C=O) groups is 2. The smallest absolute Gasteiger partial charge is 0.251 e. The molecule has 0 saturated carbocycles. The van der Waals surface area contributed by atoms with Crippen LogP contribution in [0.25, 0.3) is 0 Å². The lowest BCUT2D eigenvalue weighted by atomic mass is 10.1. The molecule has 2 fully saturated rings. The quantitative estimate of drug-likeness (QED) is 0.736. The number of hydrogen-bond donors (Lipinski definition) is 0. The third-order valence-corrected chi connectivity index (χ3v) is 5.98. The Bertz CT molecular complexity index is 867. The summed E-state index contributed by atoms with van der Waals surface area (Å²) in [4.78, 5) is 31.1. The number of para-hydroxylation sites is 1. The Hall–Kier alpha value is -2.08. The van der Waals surface area contributed by atoms with Gasteiger partial charge in [0.25, 0.3) is 5.91 Å². The summed E-state index contributed by atoms with van der Waals surface area (Å²) in [5, 5.41) is 0.560. The van der Waals surface area contributed by atoms with Gasteiger partial charge in [-0.15, -0.1) is 0 Å². The summed E-state index contributed by atoms with van der Waals surface area (Å²) in [5.41, 5.74) is 1.54. The van der Waals surface area contributed by atoms with Gasteiger partial charge in [-0.05, 0) is 24.3 Å². The standard InChI is InChI=1S/C20H19Cl2N3O2/c21-15-7-4-8-16(19(15)22)25-18(26)13-17(20(25)27)24-11-9-23(10-12-24)14-5-2-1-3-6-14/h1-8,17H,9-13H2. The molecule has 2 aliphatic rings. The summed E-state index contributed by atoms with van der Waals surface area (Å²) in [6.45, 7) is 3.10. The van der Waals surface area contributed by atoms with E-state index in [0.717, 1.165) is 26.2 Å². The van der Waals surface area contributed by atoms with Crippen molar-refractivity contribution in [2.24, 2.45) is 0 Å². The van der Waals surface area contributed by atoms with Crippen LogP contribution in [-0.2, 0) is 9.59 Å². The van der Waals surface area contributed by atoms with Gasteiger partial charge in [0.15, 0.2) is 0 Å². The van der Waals surface area contributed by atoms with E-state index in [4.69, 9.17) is 23.2 Å². The van der Waals surface area contributed by atoms with Crippen molar-refractivity contribution in [1.29, 1.82) is 0 Å². The molecule has 0 aromatic heterocycles. The molecule has 7 heteroatoms. The monoisotopic (exact) mass is 403 g/mol. The molecule has 4 rings (SSSR count). The number of halogens is 2. The van der Waals surface area contributed by atoms with Crippen LogP contribution < -0.4 is 9.80 Å². The molecule has 2 aromatic carbocycles. The molecular weight excluding hydrogens is 385 g/mol. The minimum Gasteiger partial charge on any atom is -0.369 e. The number of imide groups is 1. The second-order valence-corrected chi connectivity index (χ2v) is 7.50. The van der Waals surface area contributed by atoms with Crippen LogP contribution >= 0.6 is 23.2 Å². The molecule has 5 nitrogen and oxygen atoms in total. The zero-order chi connectivity index (χ0) is 19.0. The van der Waals surface area contributed by atoms with Crippen LogP contribution in [0.5, 0.6) is 0 Å². The molecule has 0 aliphatic carbocycles. The maximum atomic E-state index is 13.0. The number of amides is 2. The van der Waals surface area contributed by atoms with E-state index in [-0.39, 0.29) is 23.3 Å². The predicted octanol–water partition coefficient (Wildman–Crippen LogP) is 3.45. The van der Waals surface area contributed by atoms with E-state index >= 15 is 0 Å². The molecule has 27 heavy (non-hydrogen) atoms. The predicted molar refractivity (Wildman–Crippen MR) is 108 cm³/mol. The van der Waals surface area contributed by atoms with Crippen LogP contribution in [0.1, 0.15) is 6.42 Å². The normalized spacial score (nSPS) is 21.2. The molecule has 2 saturated heterocycles. The Kier molecular flexibility index (Phi) is 5.08. The van der Waals surface area contributed by atoms with Gasteiger partial charge in [-0.25, -0.2) is 4.90 Å². The molecule has 2 amide bonds. The zero-order valence-electron chi connectivity index (χ0n) is 14.6. The number of hydrogen-bond acceptors (Lipinski definition) is 4. The lowest BCUT2D eigenvalue weighted by Crippen LogP contribution is -2.52. The Balaban J connectivity index is 1.48. The van der Waals surface area contributed by atoms with E-state index < -0.39 is 6.04 Å². The highest BCUT2D eigenvalue weighted by Crippen LogP contribution is 2.36. The van der Waals surface area contributed by atoms with Crippen LogP contribution in [0.4, 0.5) is 11.4 Å². The molecular formula is C20H19Cl2N3O2. The van der Waals surface area contributed by atoms with Gasteiger partial charge in [0.05, 0.1) is 28.2 Å². The van der Waals surface area contributed by atoms with Crippen molar-refractivity contribution in [2.75, 3.05) is 36.0 Å². The van der Waals surface area contributed by atoms with Gasteiger partial charge in [0.2, 0.25) is 5.91 Å². The van der Waals surface area contributed by atoms with Crippen molar-refractivity contribution < 1.29 is 9.59 Å². The molecule has 0 bridgehead atoms. The highest BCUT2D eigenvalue weighted by Gasteiger charge is 2.44. The number of carbonyl (C=O) groups excluding carboxylic acids is 2. The summed E-state index contributed by atoms with van der Waals surface area (Å²) in [7, 11) is 0. The first kappa shape index (κ1) is 18.3. The second-order valence-electron chi connectivity index (χ2n) is 6.72. The average molecular weight is 404 g/mol. The van der Waals surface area contributed by atoms with Crippen molar-refractivity contribution in [3.8, 4) is 0 Å². The molecule has 2 heterocycles. The molecule has 2 aliphatic heterocycles. The highest BCUT2D eigenvalue weighted by atomic mass is 35.5. The summed E-state index contributed by atoms with van der Waals surface area (Å²) >= 11 is 12.3. The molecule has 0 radical (unpaired) electrons. The van der Waals surface area contributed by atoms with Gasteiger partial charge in [0, 0.05) is 31.9 Å². The van der Waals surface area contributed by atoms with Gasteiger partial charge in [0.1, 0.15) is 0 Å². The van der Waals surface area contributed by atoms with Crippen molar-refractivity contribution in [1.82, 2.24) is 4.90 Å². The van der Waals surface area contributed by atoms with Gasteiger partial charge in [-0.2, -0.15) is 0 Å². The first-order valence-corrected chi connectivity index (χ1v) is 9.66. The average Bonchev–Trinajstić information content (AvgIpc) is 2.99. The SMILES string of the molecule is O=C1CC(N2CCN(c3ccccc3)CC2)C(=O)N1c1cccc(Cl)c1Cl. The van der Waals surface area contributed by atoms with E-state index in [1.165, 1.54) is 10.6 Å². The Morgan fingerprint density at radius 1 is 0.852 bits per heavy atom.